The molecule has 0 radical (unpaired) electrons. The van der Waals surface area contributed by atoms with E-state index in [9.17, 15) is 13.2 Å². The Morgan fingerprint density at radius 3 is 2.37 bits per heavy atom. The van der Waals surface area contributed by atoms with Gasteiger partial charge in [-0.2, -0.15) is 10.1 Å². The first kappa shape index (κ1) is 47.6. The van der Waals surface area contributed by atoms with Crippen LogP contribution in [0.4, 0.5) is 50.9 Å². The predicted molar refractivity (Wildman–Crippen MR) is 254 cm³/mol. The number of nitrogens with zero attached hydrogens (tertiary/aromatic N) is 7. The molecule has 2 aromatic carbocycles. The number of halogens is 6. The number of aryl methyl sites for hydroxylation is 1. The van der Waals surface area contributed by atoms with Gasteiger partial charge in [-0.25, -0.2) is 26.9 Å². The van der Waals surface area contributed by atoms with E-state index in [1.807, 2.05) is 7.05 Å². The van der Waals surface area contributed by atoms with Crippen LogP contribution in [0.1, 0.15) is 88.2 Å². The van der Waals surface area contributed by atoms with Gasteiger partial charge in [0.15, 0.2) is 17.5 Å². The van der Waals surface area contributed by atoms with Gasteiger partial charge in [0, 0.05) is 80.9 Å². The van der Waals surface area contributed by atoms with E-state index in [4.69, 9.17) is 11.6 Å². The van der Waals surface area contributed by atoms with Crippen molar-refractivity contribution in [3.63, 3.8) is 0 Å². The second kappa shape index (κ2) is 20.4. The fraction of sp³-hybridized carbons (Fsp3) is 0.479. The van der Waals surface area contributed by atoms with Crippen LogP contribution in [0, 0.1) is 23.4 Å². The average molecular weight is 923 g/mol. The highest BCUT2D eigenvalue weighted by Crippen LogP contribution is 2.45. The number of likely N-dealkylation sites (tertiary alicyclic amines) is 1. The smallest absolute Gasteiger partial charge is 0.265 e. The Morgan fingerprint density at radius 1 is 0.985 bits per heavy atom. The number of benzene rings is 2. The second-order valence-electron chi connectivity index (χ2n) is 17.8. The van der Waals surface area contributed by atoms with Crippen molar-refractivity contribution >= 4 is 57.2 Å². The topological polar surface area (TPSA) is 101 Å². The molecule has 5 aliphatic rings. The molecule has 0 spiro atoms. The molecule has 6 heterocycles. The van der Waals surface area contributed by atoms with E-state index < -0.39 is 29.9 Å². The number of anilines is 5. The van der Waals surface area contributed by atoms with E-state index in [0.29, 0.717) is 75.5 Å². The van der Waals surface area contributed by atoms with Crippen LogP contribution in [0.2, 0.25) is 5.02 Å². The molecule has 4 N–H and O–H groups in total. The average Bonchev–Trinajstić information content (AvgIpc) is 4.14. The molecule has 65 heavy (non-hydrogen) atoms. The number of rotatable bonds is 10. The maximum absolute atomic E-state index is 15.3. The summed E-state index contributed by atoms with van der Waals surface area (Å²) in [4.78, 5) is 14.9. The highest BCUT2D eigenvalue weighted by atomic mass is 35.5. The number of fused-ring (bicyclic) bond motifs is 3. The van der Waals surface area contributed by atoms with Gasteiger partial charge in [-0.05, 0) is 88.0 Å². The summed E-state index contributed by atoms with van der Waals surface area (Å²) in [5.41, 5.74) is 4.38. The quantitative estimate of drug-likeness (QED) is 0.0909. The first-order valence-electron chi connectivity index (χ1n) is 22.5. The summed E-state index contributed by atoms with van der Waals surface area (Å²) < 4.78 is 75.2. The zero-order valence-electron chi connectivity index (χ0n) is 37.9. The van der Waals surface area contributed by atoms with Crippen LogP contribution in [0.25, 0.3) is 16.6 Å². The Morgan fingerprint density at radius 2 is 1.69 bits per heavy atom. The second-order valence-corrected chi connectivity index (χ2v) is 18.2. The fourth-order valence-electron chi connectivity index (χ4n) is 8.50. The van der Waals surface area contributed by atoms with Gasteiger partial charge in [-0.3, -0.25) is 4.68 Å². The summed E-state index contributed by atoms with van der Waals surface area (Å²) in [6.07, 6.45) is 11.8. The third kappa shape index (κ3) is 11.2. The summed E-state index contributed by atoms with van der Waals surface area (Å²) in [5, 5.41) is 17.0. The Labute approximate surface area is 383 Å². The fourth-order valence-corrected chi connectivity index (χ4v) is 8.64. The number of nitrogens with one attached hydrogen (secondary N) is 4. The molecule has 2 saturated heterocycles. The number of alkyl halides is 2. The first-order chi connectivity index (χ1) is 31.0. The van der Waals surface area contributed by atoms with Crippen molar-refractivity contribution in [1.82, 2.24) is 35.3 Å². The maximum Gasteiger partial charge on any atom is 0.265 e. The van der Waals surface area contributed by atoms with Crippen LogP contribution in [0.5, 0.6) is 0 Å². The molecule has 3 fully saturated rings. The van der Waals surface area contributed by atoms with E-state index in [1.54, 1.807) is 31.3 Å². The molecule has 0 unspecified atom stereocenters. The molecule has 350 valence electrons. The summed E-state index contributed by atoms with van der Waals surface area (Å²) in [6, 6.07) is 4.39. The lowest BCUT2D eigenvalue weighted by Gasteiger charge is -2.33. The largest absolute Gasteiger partial charge is 0.391 e. The summed E-state index contributed by atoms with van der Waals surface area (Å²) in [6.45, 7) is 17.4. The molecule has 2 aromatic heterocycles. The summed E-state index contributed by atoms with van der Waals surface area (Å²) in [7, 11) is 5.46. The molecule has 0 atom stereocenters. The molecular formula is C48H61ClF5N11. The van der Waals surface area contributed by atoms with Gasteiger partial charge in [-0.1, -0.05) is 57.5 Å². The zero-order chi connectivity index (χ0) is 46.6. The van der Waals surface area contributed by atoms with E-state index in [-0.39, 0.29) is 40.9 Å². The van der Waals surface area contributed by atoms with E-state index in [0.717, 1.165) is 51.9 Å². The van der Waals surface area contributed by atoms with Crippen molar-refractivity contribution in [1.29, 1.82) is 0 Å². The van der Waals surface area contributed by atoms with Crippen molar-refractivity contribution in [3.05, 3.63) is 101 Å². The van der Waals surface area contributed by atoms with Crippen LogP contribution >= 0.6 is 11.6 Å². The number of hydrogen-bond acceptors (Lipinski definition) is 10. The van der Waals surface area contributed by atoms with Crippen molar-refractivity contribution < 1.29 is 22.0 Å². The van der Waals surface area contributed by atoms with Crippen molar-refractivity contribution in [2.45, 2.75) is 83.0 Å². The van der Waals surface area contributed by atoms with Gasteiger partial charge in [0.2, 0.25) is 5.95 Å². The Balaban J connectivity index is 0.000000187. The van der Waals surface area contributed by atoms with Gasteiger partial charge >= 0.3 is 0 Å². The van der Waals surface area contributed by atoms with Gasteiger partial charge in [0.05, 0.1) is 29.5 Å². The number of aromatic nitrogens is 4. The van der Waals surface area contributed by atoms with Crippen molar-refractivity contribution in [3.8, 4) is 0 Å². The molecule has 1 saturated carbocycles. The lowest BCUT2D eigenvalue weighted by molar-refractivity contribution is -0.000420. The molecular weight excluding hydrogens is 861 g/mol. The number of hydrogen-bond donors (Lipinski definition) is 4. The van der Waals surface area contributed by atoms with Gasteiger partial charge in [0.25, 0.3) is 5.92 Å². The van der Waals surface area contributed by atoms with Crippen LogP contribution in [-0.2, 0) is 7.05 Å². The first-order valence-corrected chi connectivity index (χ1v) is 22.9. The molecule has 11 nitrogen and oxygen atoms in total. The van der Waals surface area contributed by atoms with Crippen LogP contribution in [0.3, 0.4) is 0 Å². The molecule has 1 aliphatic carbocycles. The van der Waals surface area contributed by atoms with Crippen LogP contribution in [-0.4, -0.2) is 83.9 Å². The minimum Gasteiger partial charge on any atom is -0.391 e. The standard InChI is InChI=1S/C25H28ClF3N6.C20H27F2N5.C3H6/c1-14-5-8-35(9-6-14)24-30-12-18(26)23(33-24)32-20-10-17-21(11-19(20)27)34(3)15(2)16-4-7-25(28,29)13-31-22(16)17;1-5-23-9-6-13(2)24-20-15-12-16(21)17(14-7-10-26(3)11-8-14)18(22)19(15)27(4)25-20;1-2-3-1/h10-12,14,31H,2,4-9,13H2,1,3H3,(H,30,32,33);5,12,14,23H,1-2,6-11H2,3-4H3,(H,24,25);1-3H2. The third-order valence-corrected chi connectivity index (χ3v) is 12.9. The van der Waals surface area contributed by atoms with E-state index >= 15 is 8.78 Å². The lowest BCUT2D eigenvalue weighted by Crippen LogP contribution is -2.34. The van der Waals surface area contributed by atoms with E-state index in [2.05, 4.69) is 72.8 Å². The number of allylic oxidation sites excluding steroid dienone is 1. The molecule has 0 amide bonds. The number of piperidine rings is 2. The highest BCUT2D eigenvalue weighted by molar-refractivity contribution is 6.33. The van der Waals surface area contributed by atoms with Crippen LogP contribution < -0.4 is 31.1 Å². The highest BCUT2D eigenvalue weighted by Gasteiger charge is 2.37. The molecule has 17 heteroatoms. The van der Waals surface area contributed by atoms with Crippen molar-refractivity contribution in [2.75, 3.05) is 73.8 Å². The minimum atomic E-state index is -2.84. The molecule has 4 aromatic rings. The van der Waals surface area contributed by atoms with Crippen LogP contribution in [0.15, 0.2) is 67.3 Å². The van der Waals surface area contributed by atoms with Gasteiger partial charge in [0.1, 0.15) is 22.2 Å². The van der Waals surface area contributed by atoms with E-state index in [1.165, 1.54) is 42.3 Å². The zero-order valence-corrected chi connectivity index (χ0v) is 38.6. The normalized spacial score (nSPS) is 18.6. The SMILES string of the molecule is C1CC1.C=C1C2=C(NCC(F)(F)CC2)c2cc(Nc3nc(N4CCC(C)CC4)ncc3Cl)c(F)cc2N1C.C=CNCCC(=C)Nc1nn(C)c2c(F)c(C3CCN(C)CC3)c(F)cc12. The summed E-state index contributed by atoms with van der Waals surface area (Å²) >= 11 is 6.36. The van der Waals surface area contributed by atoms with Crippen molar-refractivity contribution in [2.24, 2.45) is 13.0 Å². The summed E-state index contributed by atoms with van der Waals surface area (Å²) in [5.74, 6) is -2.55. The monoisotopic (exact) mass is 921 g/mol. The van der Waals surface area contributed by atoms with Gasteiger partial charge < -0.3 is 36.0 Å². The Bertz CT molecular complexity index is 2430. The Kier molecular flexibility index (Phi) is 15.0. The molecule has 0 bridgehead atoms. The van der Waals surface area contributed by atoms with Gasteiger partial charge in [-0.15, -0.1) is 0 Å². The minimum absolute atomic E-state index is 0.100. The molecule has 4 aliphatic heterocycles. The maximum atomic E-state index is 15.3. The Hall–Kier alpha value is -5.35. The predicted octanol–water partition coefficient (Wildman–Crippen LogP) is 10.8. The molecule has 9 rings (SSSR count). The lowest BCUT2D eigenvalue weighted by atomic mass is 9.88. The number of likely N-dealkylation sites (N-methyl/N-ethyl adjacent to an activating group) is 1. The third-order valence-electron chi connectivity index (χ3n) is 12.6.